The van der Waals surface area contributed by atoms with E-state index in [0.29, 0.717) is 18.8 Å². The summed E-state index contributed by atoms with van der Waals surface area (Å²) in [4.78, 5) is 21.7. The van der Waals surface area contributed by atoms with Crippen LogP contribution in [0.3, 0.4) is 0 Å². The lowest BCUT2D eigenvalue weighted by Crippen LogP contribution is -2.38. The zero-order valence-corrected chi connectivity index (χ0v) is 13.1. The van der Waals surface area contributed by atoms with E-state index in [1.807, 2.05) is 13.8 Å². The molecule has 0 unspecified atom stereocenters. The smallest absolute Gasteiger partial charge is 0.289 e. The lowest BCUT2D eigenvalue weighted by molar-refractivity contribution is -0.133. The number of hydrogen-bond donors (Lipinski definition) is 2. The van der Waals surface area contributed by atoms with Crippen molar-refractivity contribution in [1.29, 1.82) is 0 Å². The Morgan fingerprint density at radius 1 is 1.52 bits per heavy atom. The minimum absolute atomic E-state index is 0.0857. The summed E-state index contributed by atoms with van der Waals surface area (Å²) in [6.45, 7) is 8.20. The number of rotatable bonds is 4. The van der Waals surface area contributed by atoms with Crippen LogP contribution in [-0.2, 0) is 22.5 Å². The number of hydrogen-bond acceptors (Lipinski definition) is 4. The van der Waals surface area contributed by atoms with Crippen molar-refractivity contribution < 1.29 is 14.6 Å². The maximum atomic E-state index is 12.6. The van der Waals surface area contributed by atoms with Gasteiger partial charge in [-0.3, -0.25) is 4.79 Å². The number of carbonyl (C=O) groups excluding carboxylic acids is 1. The van der Waals surface area contributed by atoms with Crippen LogP contribution in [0.1, 0.15) is 39.1 Å². The van der Waals surface area contributed by atoms with Crippen molar-refractivity contribution in [3.8, 4) is 0 Å². The van der Waals surface area contributed by atoms with E-state index in [1.54, 1.807) is 25.1 Å². The van der Waals surface area contributed by atoms with Gasteiger partial charge in [0.1, 0.15) is 6.61 Å². The first-order chi connectivity index (χ1) is 9.78. The summed E-state index contributed by atoms with van der Waals surface area (Å²) in [5.74, 6) is 0.180. The molecule has 0 aliphatic carbocycles. The maximum absolute atomic E-state index is 12.6. The Morgan fingerprint density at radius 2 is 2.24 bits per heavy atom. The van der Waals surface area contributed by atoms with E-state index in [0.717, 1.165) is 23.4 Å². The Bertz CT molecular complexity index is 551. The summed E-state index contributed by atoms with van der Waals surface area (Å²) in [6.07, 6.45) is 2.40. The molecule has 0 aromatic carbocycles. The molecule has 1 amide bonds. The molecule has 21 heavy (non-hydrogen) atoms. The molecule has 0 fully saturated rings. The molecule has 2 N–H and O–H groups in total. The molecule has 1 aromatic rings. The number of aromatic nitrogens is 2. The average Bonchev–Trinajstić information content (AvgIpc) is 2.83. The van der Waals surface area contributed by atoms with E-state index >= 15 is 0 Å². The summed E-state index contributed by atoms with van der Waals surface area (Å²) in [5, 5.41) is 9.76. The number of H-pyrrole nitrogens is 1. The second-order valence-electron chi connectivity index (χ2n) is 6.23. The highest BCUT2D eigenvalue weighted by Crippen LogP contribution is 2.19. The number of nitrogens with zero attached hydrogens (tertiary/aromatic N) is 2. The number of amides is 1. The molecule has 1 aromatic heterocycles. The number of fused-ring (bicyclic) bond motifs is 1. The molecule has 2 rings (SSSR count). The van der Waals surface area contributed by atoms with Gasteiger partial charge in [-0.05, 0) is 33.3 Å². The van der Waals surface area contributed by atoms with Crippen molar-refractivity contribution >= 4 is 5.91 Å². The van der Waals surface area contributed by atoms with Crippen LogP contribution in [0.2, 0.25) is 0 Å². The van der Waals surface area contributed by atoms with E-state index < -0.39 is 5.60 Å². The molecule has 0 radical (unpaired) electrons. The van der Waals surface area contributed by atoms with Gasteiger partial charge in [-0.25, -0.2) is 4.98 Å². The normalized spacial score (nSPS) is 14.6. The Morgan fingerprint density at radius 3 is 2.86 bits per heavy atom. The molecule has 1 aliphatic heterocycles. The minimum Gasteiger partial charge on any atom is -0.485 e. The molecular weight excluding hydrogens is 270 g/mol. The third-order valence-electron chi connectivity index (χ3n) is 3.28. The fraction of sp³-hybridized carbons (Fsp3) is 0.600. The van der Waals surface area contributed by atoms with Crippen LogP contribution < -0.4 is 0 Å². The fourth-order valence-electron chi connectivity index (χ4n) is 2.20. The zero-order valence-electron chi connectivity index (χ0n) is 13.1. The Kier molecular flexibility index (Phi) is 4.37. The summed E-state index contributed by atoms with van der Waals surface area (Å²) in [5.41, 5.74) is 1.83. The zero-order chi connectivity index (χ0) is 15.6. The van der Waals surface area contributed by atoms with Gasteiger partial charge in [-0.15, -0.1) is 0 Å². The molecule has 1 aliphatic rings. The molecule has 116 valence electrons. The standard InChI is InChI=1S/C15H23N3O3/c1-10(2)13(21-8-15(3,4)20)14(19)18-6-5-11-12(7-18)17-9-16-11/h9,20H,5-8H2,1-4H3,(H,16,17). The maximum Gasteiger partial charge on any atom is 0.289 e. The summed E-state index contributed by atoms with van der Waals surface area (Å²) < 4.78 is 5.57. The van der Waals surface area contributed by atoms with Crippen molar-refractivity contribution in [1.82, 2.24) is 14.9 Å². The topological polar surface area (TPSA) is 78.5 Å². The molecule has 6 heteroatoms. The van der Waals surface area contributed by atoms with Gasteiger partial charge in [-0.2, -0.15) is 0 Å². The van der Waals surface area contributed by atoms with E-state index in [1.165, 1.54) is 0 Å². The summed E-state index contributed by atoms with van der Waals surface area (Å²) in [6, 6.07) is 0. The van der Waals surface area contributed by atoms with Gasteiger partial charge in [0.2, 0.25) is 0 Å². The monoisotopic (exact) mass is 293 g/mol. The SMILES string of the molecule is CC(C)=C(OCC(C)(C)O)C(=O)N1CCc2nc[nH]c2C1. The molecule has 0 atom stereocenters. The molecule has 0 saturated carbocycles. The second kappa shape index (κ2) is 5.89. The van der Waals surface area contributed by atoms with Gasteiger partial charge in [0.05, 0.1) is 29.9 Å². The van der Waals surface area contributed by atoms with E-state index in [-0.39, 0.29) is 12.5 Å². The molecule has 0 saturated heterocycles. The Labute approximate surface area is 124 Å². The quantitative estimate of drug-likeness (QED) is 0.649. The van der Waals surface area contributed by atoms with Crippen LogP contribution in [0, 0.1) is 0 Å². The van der Waals surface area contributed by atoms with Crippen LogP contribution in [0.25, 0.3) is 0 Å². The van der Waals surface area contributed by atoms with Crippen molar-refractivity contribution in [3.05, 3.63) is 29.0 Å². The minimum atomic E-state index is -0.973. The molecule has 0 bridgehead atoms. The van der Waals surface area contributed by atoms with E-state index in [9.17, 15) is 9.90 Å². The highest BCUT2D eigenvalue weighted by Gasteiger charge is 2.27. The predicted molar refractivity (Wildman–Crippen MR) is 78.3 cm³/mol. The largest absolute Gasteiger partial charge is 0.485 e. The number of allylic oxidation sites excluding steroid dienone is 1. The van der Waals surface area contributed by atoms with Crippen LogP contribution in [0.15, 0.2) is 17.7 Å². The third kappa shape index (κ3) is 3.85. The van der Waals surface area contributed by atoms with Crippen LogP contribution >= 0.6 is 0 Å². The van der Waals surface area contributed by atoms with Crippen molar-refractivity contribution in [2.75, 3.05) is 13.2 Å². The van der Waals surface area contributed by atoms with Crippen molar-refractivity contribution in [2.24, 2.45) is 0 Å². The van der Waals surface area contributed by atoms with Gasteiger partial charge in [0, 0.05) is 13.0 Å². The molecule has 0 spiro atoms. The molecular formula is C15H23N3O3. The third-order valence-corrected chi connectivity index (χ3v) is 3.28. The van der Waals surface area contributed by atoms with Crippen LogP contribution in [-0.4, -0.2) is 44.6 Å². The first-order valence-corrected chi connectivity index (χ1v) is 7.11. The highest BCUT2D eigenvalue weighted by molar-refractivity contribution is 5.92. The van der Waals surface area contributed by atoms with Gasteiger partial charge in [0.15, 0.2) is 5.76 Å². The van der Waals surface area contributed by atoms with Gasteiger partial charge in [0.25, 0.3) is 5.91 Å². The van der Waals surface area contributed by atoms with Gasteiger partial charge < -0.3 is 19.7 Å². The van der Waals surface area contributed by atoms with E-state index in [2.05, 4.69) is 9.97 Å². The fourth-order valence-corrected chi connectivity index (χ4v) is 2.20. The van der Waals surface area contributed by atoms with Crippen LogP contribution in [0.4, 0.5) is 0 Å². The lowest BCUT2D eigenvalue weighted by atomic mass is 10.1. The molecule has 2 heterocycles. The van der Waals surface area contributed by atoms with Crippen molar-refractivity contribution in [3.63, 3.8) is 0 Å². The Balaban J connectivity index is 2.08. The Hall–Kier alpha value is -1.82. The number of aliphatic hydroxyl groups is 1. The predicted octanol–water partition coefficient (Wildman–Crippen LogP) is 1.38. The number of nitrogens with one attached hydrogen (secondary N) is 1. The first-order valence-electron chi connectivity index (χ1n) is 7.11. The second-order valence-corrected chi connectivity index (χ2v) is 6.23. The first kappa shape index (κ1) is 15.6. The van der Waals surface area contributed by atoms with Crippen molar-refractivity contribution in [2.45, 2.75) is 46.3 Å². The van der Waals surface area contributed by atoms with Crippen LogP contribution in [0.5, 0.6) is 0 Å². The summed E-state index contributed by atoms with van der Waals surface area (Å²) >= 11 is 0. The number of ether oxygens (including phenoxy) is 1. The number of aromatic amines is 1. The van der Waals surface area contributed by atoms with Gasteiger partial charge in [-0.1, -0.05) is 0 Å². The van der Waals surface area contributed by atoms with E-state index in [4.69, 9.17) is 4.74 Å². The number of carbonyl (C=O) groups is 1. The summed E-state index contributed by atoms with van der Waals surface area (Å²) in [7, 11) is 0. The van der Waals surface area contributed by atoms with Gasteiger partial charge >= 0.3 is 0 Å². The average molecular weight is 293 g/mol. The lowest BCUT2D eigenvalue weighted by Gasteiger charge is -2.28. The number of imidazole rings is 1. The highest BCUT2D eigenvalue weighted by atomic mass is 16.5. The molecule has 6 nitrogen and oxygen atoms in total.